The molecule has 0 atom stereocenters. The van der Waals surface area contributed by atoms with Crippen molar-refractivity contribution in [1.82, 2.24) is 0 Å². The molecule has 1 amide bonds. The van der Waals surface area contributed by atoms with Crippen LogP contribution >= 0.6 is 11.8 Å². The van der Waals surface area contributed by atoms with Crippen molar-refractivity contribution < 1.29 is 9.59 Å². The molecule has 0 aliphatic carbocycles. The highest BCUT2D eigenvalue weighted by molar-refractivity contribution is 7.99. The van der Waals surface area contributed by atoms with Crippen LogP contribution in [0, 0.1) is 0 Å². The van der Waals surface area contributed by atoms with E-state index in [0.717, 1.165) is 21.0 Å². The van der Waals surface area contributed by atoms with E-state index in [0.29, 0.717) is 0 Å². The second-order valence-electron chi connectivity index (χ2n) is 4.36. The van der Waals surface area contributed by atoms with Crippen molar-refractivity contribution in [2.24, 2.45) is 0 Å². The van der Waals surface area contributed by atoms with Gasteiger partial charge < -0.3 is 5.32 Å². The molecule has 20 heavy (non-hydrogen) atoms. The van der Waals surface area contributed by atoms with Crippen molar-refractivity contribution in [3.63, 3.8) is 0 Å². The maximum Gasteiger partial charge on any atom is 0.221 e. The topological polar surface area (TPSA) is 46.2 Å². The molecule has 0 bridgehead atoms. The summed E-state index contributed by atoms with van der Waals surface area (Å²) in [5.41, 5.74) is 1.49. The molecule has 0 fully saturated rings. The molecular weight excluding hydrogens is 270 g/mol. The lowest BCUT2D eigenvalue weighted by Gasteiger charge is -2.07. The zero-order valence-electron chi connectivity index (χ0n) is 11.3. The number of rotatable bonds is 4. The van der Waals surface area contributed by atoms with Crippen molar-refractivity contribution in [1.29, 1.82) is 0 Å². The Morgan fingerprint density at radius 2 is 1.60 bits per heavy atom. The smallest absolute Gasteiger partial charge is 0.221 e. The lowest BCUT2D eigenvalue weighted by molar-refractivity contribution is -0.114. The minimum Gasteiger partial charge on any atom is -0.326 e. The fraction of sp³-hybridized carbons (Fsp3) is 0.125. The summed E-state index contributed by atoms with van der Waals surface area (Å²) < 4.78 is 0. The Morgan fingerprint density at radius 1 is 0.950 bits per heavy atom. The van der Waals surface area contributed by atoms with Crippen molar-refractivity contribution in [2.45, 2.75) is 23.6 Å². The minimum absolute atomic E-state index is 0.0583. The highest BCUT2D eigenvalue weighted by Gasteiger charge is 2.07. The average Bonchev–Trinajstić information content (AvgIpc) is 2.41. The highest BCUT2D eigenvalue weighted by atomic mass is 32.2. The number of hydrogen-bond acceptors (Lipinski definition) is 3. The van der Waals surface area contributed by atoms with Gasteiger partial charge in [-0.15, -0.1) is 0 Å². The maximum atomic E-state index is 11.6. The Labute approximate surface area is 122 Å². The van der Waals surface area contributed by atoms with Crippen LogP contribution in [0.15, 0.2) is 58.3 Å². The largest absolute Gasteiger partial charge is 0.326 e. The first-order valence-corrected chi connectivity index (χ1v) is 7.03. The number of Topliss-reactive ketones (excluding diaryl/α,β-unsaturated/α-hetero) is 1. The van der Waals surface area contributed by atoms with Crippen molar-refractivity contribution >= 4 is 29.1 Å². The Bertz CT molecular complexity index is 635. The molecule has 102 valence electrons. The van der Waals surface area contributed by atoms with Gasteiger partial charge in [0.15, 0.2) is 5.78 Å². The van der Waals surface area contributed by atoms with E-state index in [-0.39, 0.29) is 11.7 Å². The summed E-state index contributed by atoms with van der Waals surface area (Å²) in [5, 5.41) is 2.72. The second-order valence-corrected chi connectivity index (χ2v) is 5.48. The van der Waals surface area contributed by atoms with E-state index in [9.17, 15) is 9.59 Å². The van der Waals surface area contributed by atoms with Crippen LogP contribution in [0.5, 0.6) is 0 Å². The van der Waals surface area contributed by atoms with Crippen LogP contribution in [0.2, 0.25) is 0 Å². The van der Waals surface area contributed by atoms with Crippen LogP contribution in [0.3, 0.4) is 0 Å². The Hall–Kier alpha value is -2.07. The fourth-order valence-corrected chi connectivity index (χ4v) is 2.78. The van der Waals surface area contributed by atoms with E-state index in [1.807, 2.05) is 48.5 Å². The second kappa shape index (κ2) is 6.39. The van der Waals surface area contributed by atoms with Gasteiger partial charge in [-0.2, -0.15) is 0 Å². The third-order valence-electron chi connectivity index (χ3n) is 2.67. The van der Waals surface area contributed by atoms with Crippen LogP contribution in [0.4, 0.5) is 5.69 Å². The van der Waals surface area contributed by atoms with Gasteiger partial charge in [-0.25, -0.2) is 0 Å². The van der Waals surface area contributed by atoms with Crippen LogP contribution in [0.1, 0.15) is 24.2 Å². The van der Waals surface area contributed by atoms with Gasteiger partial charge in [-0.05, 0) is 37.3 Å². The predicted octanol–water partition coefficient (Wildman–Crippen LogP) is 4.00. The molecule has 0 aromatic heterocycles. The molecule has 0 saturated carbocycles. The summed E-state index contributed by atoms with van der Waals surface area (Å²) in [6, 6.07) is 15.1. The Balaban J connectivity index is 2.18. The third-order valence-corrected chi connectivity index (χ3v) is 3.75. The van der Waals surface area contributed by atoms with E-state index >= 15 is 0 Å². The summed E-state index contributed by atoms with van der Waals surface area (Å²) in [7, 11) is 0. The quantitative estimate of drug-likeness (QED) is 0.864. The van der Waals surface area contributed by atoms with Gasteiger partial charge in [0.1, 0.15) is 0 Å². The van der Waals surface area contributed by atoms with E-state index in [1.165, 1.54) is 18.7 Å². The first kappa shape index (κ1) is 14.3. The van der Waals surface area contributed by atoms with Crippen molar-refractivity contribution in [2.75, 3.05) is 5.32 Å². The highest BCUT2D eigenvalue weighted by Crippen LogP contribution is 2.31. The first-order chi connectivity index (χ1) is 9.56. The van der Waals surface area contributed by atoms with Gasteiger partial charge in [0.05, 0.1) is 0 Å². The molecule has 1 N–H and O–H groups in total. The third kappa shape index (κ3) is 3.71. The number of ketones is 1. The summed E-state index contributed by atoms with van der Waals surface area (Å²) in [6.45, 7) is 3.05. The zero-order valence-corrected chi connectivity index (χ0v) is 12.2. The van der Waals surface area contributed by atoms with E-state index in [2.05, 4.69) is 5.32 Å². The lowest BCUT2D eigenvalue weighted by Crippen LogP contribution is -2.05. The monoisotopic (exact) mass is 285 g/mol. The number of benzene rings is 2. The molecular formula is C16H15NO2S. The summed E-state index contributed by atoms with van der Waals surface area (Å²) in [5.74, 6) is -0.0321. The van der Waals surface area contributed by atoms with Gasteiger partial charge >= 0.3 is 0 Å². The van der Waals surface area contributed by atoms with Crippen LogP contribution in [0.25, 0.3) is 0 Å². The normalized spacial score (nSPS) is 10.1. The molecule has 0 unspecified atom stereocenters. The predicted molar refractivity (Wildman–Crippen MR) is 81.3 cm³/mol. The SMILES string of the molecule is CC(=O)Nc1ccc(Sc2ccccc2C(C)=O)cc1. The minimum atomic E-state index is -0.0904. The molecule has 0 radical (unpaired) electrons. The lowest BCUT2D eigenvalue weighted by atomic mass is 10.1. The number of carbonyl (C=O) groups excluding carboxylic acids is 2. The molecule has 2 rings (SSSR count). The summed E-state index contributed by atoms with van der Waals surface area (Å²) >= 11 is 1.54. The summed E-state index contributed by atoms with van der Waals surface area (Å²) in [6.07, 6.45) is 0. The fourth-order valence-electron chi connectivity index (χ4n) is 1.78. The van der Waals surface area contributed by atoms with E-state index < -0.39 is 0 Å². The Morgan fingerprint density at radius 3 is 2.20 bits per heavy atom. The van der Waals surface area contributed by atoms with Gasteiger partial charge in [0, 0.05) is 28.0 Å². The number of amides is 1. The van der Waals surface area contributed by atoms with Gasteiger partial charge in [-0.3, -0.25) is 9.59 Å². The van der Waals surface area contributed by atoms with Crippen molar-refractivity contribution in [3.05, 3.63) is 54.1 Å². The molecule has 0 aliphatic rings. The zero-order chi connectivity index (χ0) is 14.5. The molecule has 3 nitrogen and oxygen atoms in total. The molecule has 0 heterocycles. The number of hydrogen-bond donors (Lipinski definition) is 1. The van der Waals surface area contributed by atoms with E-state index in [4.69, 9.17) is 0 Å². The molecule has 0 spiro atoms. The molecule has 0 aliphatic heterocycles. The maximum absolute atomic E-state index is 11.6. The number of anilines is 1. The Kier molecular flexibility index (Phi) is 4.58. The van der Waals surface area contributed by atoms with Crippen molar-refractivity contribution in [3.8, 4) is 0 Å². The average molecular weight is 285 g/mol. The van der Waals surface area contributed by atoms with Gasteiger partial charge in [-0.1, -0.05) is 30.0 Å². The molecule has 2 aromatic rings. The molecule has 2 aromatic carbocycles. The van der Waals surface area contributed by atoms with E-state index in [1.54, 1.807) is 6.92 Å². The number of nitrogens with one attached hydrogen (secondary N) is 1. The first-order valence-electron chi connectivity index (χ1n) is 6.22. The molecule has 4 heteroatoms. The summed E-state index contributed by atoms with van der Waals surface area (Å²) in [4.78, 5) is 24.5. The van der Waals surface area contributed by atoms with Gasteiger partial charge in [0.25, 0.3) is 0 Å². The van der Waals surface area contributed by atoms with Crippen LogP contribution in [-0.4, -0.2) is 11.7 Å². The standard InChI is InChI=1S/C16H15NO2S/c1-11(18)15-5-3-4-6-16(15)20-14-9-7-13(8-10-14)17-12(2)19/h3-10H,1-2H3,(H,17,19). The molecule has 0 saturated heterocycles. The number of carbonyl (C=O) groups is 2. The van der Waals surface area contributed by atoms with Gasteiger partial charge in [0.2, 0.25) is 5.91 Å². The van der Waals surface area contributed by atoms with Crippen LogP contribution < -0.4 is 5.32 Å². The van der Waals surface area contributed by atoms with Crippen LogP contribution in [-0.2, 0) is 4.79 Å².